The molecule has 2 fully saturated rings. The third kappa shape index (κ3) is 4.15. The van der Waals surface area contributed by atoms with Crippen LogP contribution in [-0.4, -0.2) is 49.8 Å². The largest absolute Gasteiger partial charge is 0.328 e. The Labute approximate surface area is 182 Å². The number of nitrogens with zero attached hydrogens (tertiary/aromatic N) is 4. The summed E-state index contributed by atoms with van der Waals surface area (Å²) in [5.74, 6) is 0.632. The topological polar surface area (TPSA) is 82.2 Å². The molecule has 7 heteroatoms. The van der Waals surface area contributed by atoms with Crippen molar-refractivity contribution in [1.82, 2.24) is 24.8 Å². The van der Waals surface area contributed by atoms with Gasteiger partial charge in [0.1, 0.15) is 5.82 Å². The molecule has 1 amide bonds. The van der Waals surface area contributed by atoms with E-state index in [-0.39, 0.29) is 17.5 Å². The summed E-state index contributed by atoms with van der Waals surface area (Å²) < 4.78 is 0. The van der Waals surface area contributed by atoms with Crippen molar-refractivity contribution in [3.05, 3.63) is 57.5 Å². The standard InChI is InChI=1S/C24H31N5O2/c30-23-19-16-28(18-6-2-1-3-7-18)15-11-20(19)26-22(27-23)21-8-4-5-14-29(21)24(31)17-9-12-25-13-10-17/h9-10,12-13,18,21H,1-8,11,14-16H2,(H,26,27,30). The second kappa shape index (κ2) is 8.91. The van der Waals surface area contributed by atoms with E-state index in [0.29, 0.717) is 30.5 Å². The molecule has 7 nitrogen and oxygen atoms in total. The van der Waals surface area contributed by atoms with Crippen LogP contribution in [0, 0.1) is 0 Å². The van der Waals surface area contributed by atoms with Gasteiger partial charge in [0.05, 0.1) is 17.3 Å². The van der Waals surface area contributed by atoms with Crippen LogP contribution in [0.1, 0.15) is 84.8 Å². The first-order chi connectivity index (χ1) is 15.2. The number of nitrogens with one attached hydrogen (secondary N) is 1. The highest BCUT2D eigenvalue weighted by Gasteiger charge is 2.33. The first-order valence-electron chi connectivity index (χ1n) is 11.8. The van der Waals surface area contributed by atoms with Crippen molar-refractivity contribution in [3.8, 4) is 0 Å². The summed E-state index contributed by atoms with van der Waals surface area (Å²) in [6.45, 7) is 2.35. The fourth-order valence-electron chi connectivity index (χ4n) is 5.50. The Morgan fingerprint density at radius 2 is 1.77 bits per heavy atom. The Balaban J connectivity index is 1.39. The third-order valence-corrected chi connectivity index (χ3v) is 7.21. The molecule has 1 N–H and O–H groups in total. The molecule has 5 rings (SSSR count). The maximum atomic E-state index is 13.1. The van der Waals surface area contributed by atoms with Crippen LogP contribution in [-0.2, 0) is 13.0 Å². The van der Waals surface area contributed by atoms with Gasteiger partial charge in [-0.05, 0) is 44.2 Å². The number of aromatic amines is 1. The lowest BCUT2D eigenvalue weighted by atomic mass is 9.92. The lowest BCUT2D eigenvalue weighted by Gasteiger charge is -2.38. The van der Waals surface area contributed by atoms with Crippen molar-refractivity contribution in [2.75, 3.05) is 13.1 Å². The monoisotopic (exact) mass is 421 g/mol. The summed E-state index contributed by atoms with van der Waals surface area (Å²) in [4.78, 5) is 42.6. The quantitative estimate of drug-likeness (QED) is 0.823. The van der Waals surface area contributed by atoms with Crippen LogP contribution in [0.25, 0.3) is 0 Å². The zero-order valence-corrected chi connectivity index (χ0v) is 18.1. The molecule has 0 bridgehead atoms. The predicted octanol–water partition coefficient (Wildman–Crippen LogP) is 3.22. The zero-order chi connectivity index (χ0) is 21.2. The molecule has 1 unspecified atom stereocenters. The summed E-state index contributed by atoms with van der Waals surface area (Å²) in [6.07, 6.45) is 13.3. The van der Waals surface area contributed by atoms with Gasteiger partial charge in [-0.2, -0.15) is 0 Å². The van der Waals surface area contributed by atoms with E-state index in [9.17, 15) is 9.59 Å². The van der Waals surface area contributed by atoms with E-state index >= 15 is 0 Å². The lowest BCUT2D eigenvalue weighted by Crippen LogP contribution is -2.44. The van der Waals surface area contributed by atoms with E-state index in [1.165, 1.54) is 32.1 Å². The van der Waals surface area contributed by atoms with Crippen LogP contribution in [0.4, 0.5) is 0 Å². The van der Waals surface area contributed by atoms with Gasteiger partial charge >= 0.3 is 0 Å². The Kier molecular flexibility index (Phi) is 5.85. The number of pyridine rings is 1. The summed E-state index contributed by atoms with van der Waals surface area (Å²) in [7, 11) is 0. The lowest BCUT2D eigenvalue weighted by molar-refractivity contribution is 0.0598. The molecule has 1 saturated heterocycles. The number of H-pyrrole nitrogens is 1. The number of rotatable bonds is 3. The first kappa shape index (κ1) is 20.4. The van der Waals surface area contributed by atoms with Crippen molar-refractivity contribution in [3.63, 3.8) is 0 Å². The van der Waals surface area contributed by atoms with Gasteiger partial charge in [0, 0.05) is 50.1 Å². The predicted molar refractivity (Wildman–Crippen MR) is 118 cm³/mol. The van der Waals surface area contributed by atoms with Gasteiger partial charge in [0.2, 0.25) is 0 Å². The van der Waals surface area contributed by atoms with Crippen molar-refractivity contribution in [1.29, 1.82) is 0 Å². The number of carbonyl (C=O) groups is 1. The molecule has 1 atom stereocenters. The van der Waals surface area contributed by atoms with Crippen LogP contribution in [0.15, 0.2) is 29.3 Å². The summed E-state index contributed by atoms with van der Waals surface area (Å²) >= 11 is 0. The molecule has 164 valence electrons. The molecule has 0 radical (unpaired) electrons. The van der Waals surface area contributed by atoms with Gasteiger partial charge < -0.3 is 9.88 Å². The Hall–Kier alpha value is -2.54. The minimum Gasteiger partial charge on any atom is -0.328 e. The molecular formula is C24H31N5O2. The van der Waals surface area contributed by atoms with E-state index in [1.54, 1.807) is 24.5 Å². The van der Waals surface area contributed by atoms with Crippen molar-refractivity contribution < 1.29 is 4.79 Å². The Morgan fingerprint density at radius 1 is 1.00 bits per heavy atom. The highest BCUT2D eigenvalue weighted by molar-refractivity contribution is 5.94. The highest BCUT2D eigenvalue weighted by atomic mass is 16.2. The number of amides is 1. The second-order valence-corrected chi connectivity index (χ2v) is 9.13. The summed E-state index contributed by atoms with van der Waals surface area (Å²) in [5, 5.41) is 0. The normalized spacial score (nSPS) is 22.8. The van der Waals surface area contributed by atoms with E-state index in [0.717, 1.165) is 43.5 Å². The highest BCUT2D eigenvalue weighted by Crippen LogP contribution is 2.31. The van der Waals surface area contributed by atoms with Crippen LogP contribution in [0.2, 0.25) is 0 Å². The van der Waals surface area contributed by atoms with Crippen LogP contribution in [0.5, 0.6) is 0 Å². The fourth-order valence-corrected chi connectivity index (χ4v) is 5.50. The average Bonchev–Trinajstić information content (AvgIpc) is 2.84. The van der Waals surface area contributed by atoms with E-state index in [2.05, 4.69) is 14.9 Å². The van der Waals surface area contributed by atoms with Crippen molar-refractivity contribution >= 4 is 5.91 Å². The van der Waals surface area contributed by atoms with Gasteiger partial charge in [-0.1, -0.05) is 19.3 Å². The molecule has 3 aliphatic rings. The van der Waals surface area contributed by atoms with Crippen LogP contribution in [0.3, 0.4) is 0 Å². The minimum atomic E-state index is -0.177. The first-order valence-corrected chi connectivity index (χ1v) is 11.8. The van der Waals surface area contributed by atoms with Gasteiger partial charge in [-0.3, -0.25) is 19.5 Å². The zero-order valence-electron chi connectivity index (χ0n) is 18.1. The second-order valence-electron chi connectivity index (χ2n) is 9.13. The molecule has 0 spiro atoms. The number of hydrogen-bond acceptors (Lipinski definition) is 5. The molecule has 0 aromatic carbocycles. The van der Waals surface area contributed by atoms with Gasteiger partial charge in [-0.25, -0.2) is 4.98 Å². The van der Waals surface area contributed by atoms with E-state index in [4.69, 9.17) is 4.98 Å². The van der Waals surface area contributed by atoms with Crippen LogP contribution < -0.4 is 5.56 Å². The maximum absolute atomic E-state index is 13.1. The minimum absolute atomic E-state index is 0.0176. The summed E-state index contributed by atoms with van der Waals surface area (Å²) in [6, 6.07) is 3.92. The van der Waals surface area contributed by atoms with Gasteiger partial charge in [0.25, 0.3) is 11.5 Å². The number of hydrogen-bond donors (Lipinski definition) is 1. The number of likely N-dealkylation sites (tertiary alicyclic amines) is 1. The molecule has 31 heavy (non-hydrogen) atoms. The molecule has 2 aliphatic heterocycles. The van der Waals surface area contributed by atoms with Crippen molar-refractivity contribution in [2.45, 2.75) is 76.4 Å². The van der Waals surface area contributed by atoms with Gasteiger partial charge in [-0.15, -0.1) is 0 Å². The van der Waals surface area contributed by atoms with E-state index < -0.39 is 0 Å². The molecule has 4 heterocycles. The van der Waals surface area contributed by atoms with Gasteiger partial charge in [0.15, 0.2) is 0 Å². The smallest absolute Gasteiger partial charge is 0.255 e. The third-order valence-electron chi connectivity index (χ3n) is 7.21. The Bertz CT molecular complexity index is 983. The molecule has 2 aromatic rings. The number of fused-ring (bicyclic) bond motifs is 1. The molecule has 1 aliphatic carbocycles. The summed E-state index contributed by atoms with van der Waals surface area (Å²) in [5.41, 5.74) is 2.35. The maximum Gasteiger partial charge on any atom is 0.255 e. The SMILES string of the molecule is O=C(c1ccncc1)N1CCCCC1c1nc2c(c(=O)[nH]1)CN(C1CCCCC1)CC2. The molecule has 1 saturated carbocycles. The fraction of sp³-hybridized carbons (Fsp3) is 0.583. The average molecular weight is 422 g/mol. The van der Waals surface area contributed by atoms with Crippen LogP contribution >= 0.6 is 0 Å². The van der Waals surface area contributed by atoms with Crippen molar-refractivity contribution in [2.24, 2.45) is 0 Å². The molecule has 2 aromatic heterocycles. The van der Waals surface area contributed by atoms with E-state index in [1.807, 2.05) is 4.90 Å². The number of carbonyl (C=O) groups excluding carboxylic acids is 1. The number of piperidine rings is 1. The molecular weight excluding hydrogens is 390 g/mol. The number of aromatic nitrogens is 3. The Morgan fingerprint density at radius 3 is 2.58 bits per heavy atom.